The summed E-state index contributed by atoms with van der Waals surface area (Å²) < 4.78 is 39.0. The Hall–Kier alpha value is -2.23. The summed E-state index contributed by atoms with van der Waals surface area (Å²) in [5.41, 5.74) is 0. The average molecular weight is 349 g/mol. The van der Waals surface area contributed by atoms with E-state index >= 15 is 0 Å². The summed E-state index contributed by atoms with van der Waals surface area (Å²) in [5, 5.41) is 0. The smallest absolute Gasteiger partial charge is 0.305 e. The first-order chi connectivity index (χ1) is 11.1. The van der Waals surface area contributed by atoms with Crippen LogP contribution in [0.1, 0.15) is 27.7 Å². The van der Waals surface area contributed by atoms with Crippen molar-refractivity contribution in [1.82, 2.24) is 0 Å². The fraction of sp³-hybridized carbons (Fsp3) is 0.714. The number of esters is 4. The maximum atomic E-state index is 14.5. The van der Waals surface area contributed by atoms with Gasteiger partial charge in [-0.2, -0.15) is 0 Å². The molecule has 1 fully saturated rings. The zero-order valence-corrected chi connectivity index (χ0v) is 13.6. The molecule has 0 spiro atoms. The average Bonchev–Trinajstić information content (AvgIpc) is 2.42. The number of ether oxygens (including phenoxy) is 5. The molecule has 1 aliphatic heterocycles. The van der Waals surface area contributed by atoms with Crippen LogP contribution in [0.5, 0.6) is 0 Å². The number of carbonyl (C=O) groups excluding carboxylic acids is 4. The number of hydrogen-bond acceptors (Lipinski definition) is 9. The first kappa shape index (κ1) is 19.8. The molecule has 0 N–H and O–H groups in total. The summed E-state index contributed by atoms with van der Waals surface area (Å²) in [5.74, 6) is -3.11. The minimum absolute atomic E-state index is 0.421. The molecule has 0 aliphatic carbocycles. The van der Waals surface area contributed by atoms with E-state index in [1.807, 2.05) is 0 Å². The van der Waals surface area contributed by atoms with E-state index in [1.54, 1.807) is 0 Å². The van der Waals surface area contributed by atoms with Gasteiger partial charge < -0.3 is 23.7 Å². The molecule has 9 nitrogen and oxygen atoms in total. The van der Waals surface area contributed by atoms with Crippen molar-refractivity contribution in [3.8, 4) is 0 Å². The monoisotopic (exact) mass is 349 g/mol. The van der Waals surface area contributed by atoms with Gasteiger partial charge in [0.15, 0.2) is 12.2 Å². The van der Waals surface area contributed by atoms with E-state index in [-0.39, 0.29) is 0 Å². The maximum absolute atomic E-state index is 14.5. The summed E-state index contributed by atoms with van der Waals surface area (Å²) in [4.78, 5) is 44.5. The Labute approximate surface area is 137 Å². The van der Waals surface area contributed by atoms with Gasteiger partial charge in [0.25, 0.3) is 0 Å². The second-order valence-electron chi connectivity index (χ2n) is 5.05. The lowest BCUT2D eigenvalue weighted by Crippen LogP contribution is -2.60. The zero-order chi connectivity index (χ0) is 18.4. The molecule has 0 saturated carbocycles. The third kappa shape index (κ3) is 5.76. The van der Waals surface area contributed by atoms with Gasteiger partial charge in [-0.15, -0.1) is 0 Å². The molecular weight excluding hydrogens is 330 g/mol. The second-order valence-corrected chi connectivity index (χ2v) is 5.05. The normalized spacial score (nSPS) is 29.3. The van der Waals surface area contributed by atoms with Crippen molar-refractivity contribution in [1.29, 1.82) is 0 Å². The van der Waals surface area contributed by atoms with Crippen molar-refractivity contribution in [2.75, 3.05) is 6.61 Å². The summed E-state index contributed by atoms with van der Waals surface area (Å²) in [6.07, 6.45) is -7.98. The molecule has 10 heteroatoms. The quantitative estimate of drug-likeness (QED) is 0.501. The molecule has 24 heavy (non-hydrogen) atoms. The van der Waals surface area contributed by atoms with Crippen molar-refractivity contribution in [2.24, 2.45) is 0 Å². The molecular formula is C14H19FO9. The van der Waals surface area contributed by atoms with Gasteiger partial charge in [0.1, 0.15) is 12.7 Å². The van der Waals surface area contributed by atoms with Crippen LogP contribution in [0.3, 0.4) is 0 Å². The van der Waals surface area contributed by atoms with Gasteiger partial charge in [-0.1, -0.05) is 0 Å². The minimum atomic E-state index is -2.10. The first-order valence-corrected chi connectivity index (χ1v) is 7.06. The highest BCUT2D eigenvalue weighted by atomic mass is 18.2. The molecule has 0 aromatic carbocycles. The summed E-state index contributed by atoms with van der Waals surface area (Å²) in [6, 6.07) is 0. The molecule has 0 radical (unpaired) electrons. The van der Waals surface area contributed by atoms with Crippen LogP contribution < -0.4 is 0 Å². The van der Waals surface area contributed by atoms with E-state index in [2.05, 4.69) is 0 Å². The van der Waals surface area contributed by atoms with Crippen molar-refractivity contribution in [3.05, 3.63) is 0 Å². The highest BCUT2D eigenvalue weighted by Gasteiger charge is 2.52. The van der Waals surface area contributed by atoms with Crippen molar-refractivity contribution >= 4 is 23.9 Å². The lowest BCUT2D eigenvalue weighted by Gasteiger charge is -2.41. The zero-order valence-electron chi connectivity index (χ0n) is 13.6. The predicted molar refractivity (Wildman–Crippen MR) is 73.1 cm³/mol. The van der Waals surface area contributed by atoms with E-state index in [0.717, 1.165) is 27.7 Å². The van der Waals surface area contributed by atoms with Crippen LogP contribution in [0.15, 0.2) is 0 Å². The Morgan fingerprint density at radius 1 is 0.833 bits per heavy atom. The second kappa shape index (κ2) is 8.57. The summed E-state index contributed by atoms with van der Waals surface area (Å²) >= 11 is 0. The molecule has 5 atom stereocenters. The maximum Gasteiger partial charge on any atom is 0.305 e. The predicted octanol–water partition coefficient (Wildman–Crippen LogP) is 0.0390. The molecule has 1 aliphatic rings. The first-order valence-electron chi connectivity index (χ1n) is 7.06. The van der Waals surface area contributed by atoms with Crippen LogP contribution in [0.2, 0.25) is 0 Å². The van der Waals surface area contributed by atoms with Crippen LogP contribution in [0.4, 0.5) is 4.39 Å². The topological polar surface area (TPSA) is 114 Å². The van der Waals surface area contributed by atoms with Crippen LogP contribution in [-0.2, 0) is 42.9 Å². The van der Waals surface area contributed by atoms with E-state index in [9.17, 15) is 23.6 Å². The third-order valence-corrected chi connectivity index (χ3v) is 2.91. The van der Waals surface area contributed by atoms with Crippen LogP contribution >= 0.6 is 0 Å². The SMILES string of the molecule is CC(=O)OC[C@H]1O[C@H](OC(C)=O)[C@H]([18F])[C@@H](OC(C)=O)[C@@H]1OC(C)=O. The largest absolute Gasteiger partial charge is 0.463 e. The summed E-state index contributed by atoms with van der Waals surface area (Å²) in [6.45, 7) is 3.86. The van der Waals surface area contributed by atoms with Crippen LogP contribution in [0, 0.1) is 0 Å². The van der Waals surface area contributed by atoms with Gasteiger partial charge >= 0.3 is 23.9 Å². The van der Waals surface area contributed by atoms with E-state index in [1.165, 1.54) is 0 Å². The molecule has 1 heterocycles. The molecule has 0 aromatic heterocycles. The molecule has 1 rings (SSSR count). The van der Waals surface area contributed by atoms with Gasteiger partial charge in [-0.05, 0) is 0 Å². The van der Waals surface area contributed by atoms with Crippen molar-refractivity contribution < 1.29 is 47.3 Å². The molecule has 0 bridgehead atoms. The van der Waals surface area contributed by atoms with Crippen molar-refractivity contribution in [2.45, 2.75) is 58.5 Å². The molecule has 136 valence electrons. The Morgan fingerprint density at radius 2 is 1.33 bits per heavy atom. The third-order valence-electron chi connectivity index (χ3n) is 2.91. The number of rotatable bonds is 5. The summed E-state index contributed by atoms with van der Waals surface area (Å²) in [7, 11) is 0. The van der Waals surface area contributed by atoms with Crippen molar-refractivity contribution in [3.63, 3.8) is 0 Å². The van der Waals surface area contributed by atoms with E-state index in [4.69, 9.17) is 23.7 Å². The Kier molecular flexibility index (Phi) is 7.08. The number of hydrogen-bond donors (Lipinski definition) is 0. The fourth-order valence-electron chi connectivity index (χ4n) is 2.12. The molecule has 0 aromatic rings. The molecule has 1 saturated heterocycles. The van der Waals surface area contributed by atoms with E-state index in [0.29, 0.717) is 0 Å². The van der Waals surface area contributed by atoms with Gasteiger partial charge in [-0.3, -0.25) is 19.2 Å². The van der Waals surface area contributed by atoms with E-state index < -0.39 is 61.3 Å². The standard InChI is InChI=1S/C14H19FO9/c1-6(16)20-5-10-12(21-7(2)17)13(22-8(3)18)11(15)14(24-10)23-9(4)19/h10-14H,5H2,1-4H3/t10-,11-,12-,13-,14+/m1/s1/i15-1. The minimum Gasteiger partial charge on any atom is -0.463 e. The van der Waals surface area contributed by atoms with Crippen LogP contribution in [-0.4, -0.2) is 61.3 Å². The van der Waals surface area contributed by atoms with Gasteiger partial charge in [0, 0.05) is 27.7 Å². The fourth-order valence-corrected chi connectivity index (χ4v) is 2.12. The number of halogens is 1. The lowest BCUT2D eigenvalue weighted by atomic mass is 9.99. The Morgan fingerprint density at radius 3 is 1.79 bits per heavy atom. The Bertz CT molecular complexity index is 490. The molecule has 0 amide bonds. The lowest BCUT2D eigenvalue weighted by molar-refractivity contribution is -0.284. The van der Waals surface area contributed by atoms with Crippen LogP contribution in [0.25, 0.3) is 0 Å². The van der Waals surface area contributed by atoms with Gasteiger partial charge in [-0.25, -0.2) is 4.39 Å². The highest BCUT2D eigenvalue weighted by Crippen LogP contribution is 2.29. The Balaban J connectivity index is 3.08. The number of carbonyl (C=O) groups is 4. The van der Waals surface area contributed by atoms with Gasteiger partial charge in [0.05, 0.1) is 0 Å². The molecule has 0 unspecified atom stereocenters. The number of alkyl halides is 1. The van der Waals surface area contributed by atoms with Gasteiger partial charge in [0.2, 0.25) is 12.5 Å². The highest BCUT2D eigenvalue weighted by molar-refractivity contribution is 5.68.